The predicted octanol–water partition coefficient (Wildman–Crippen LogP) is 1.82. The molecule has 1 aromatic rings. The Morgan fingerprint density at radius 3 is 2.86 bits per heavy atom. The Morgan fingerprint density at radius 1 is 1.36 bits per heavy atom. The van der Waals surface area contributed by atoms with Crippen LogP contribution in [0.25, 0.3) is 0 Å². The fourth-order valence-electron chi connectivity index (χ4n) is 2.44. The van der Waals surface area contributed by atoms with Crippen LogP contribution >= 0.6 is 0 Å². The summed E-state index contributed by atoms with van der Waals surface area (Å²) in [7, 11) is 1.97. The van der Waals surface area contributed by atoms with Crippen LogP contribution in [-0.2, 0) is 13.5 Å². The average molecular weight is 190 g/mol. The Kier molecular flexibility index (Phi) is 1.58. The molecule has 1 aromatic heterocycles. The predicted molar refractivity (Wildman–Crippen MR) is 52.5 cm³/mol. The van der Waals surface area contributed by atoms with E-state index in [1.165, 1.54) is 18.5 Å². The first kappa shape index (κ1) is 8.21. The molecule has 1 saturated carbocycles. The van der Waals surface area contributed by atoms with Gasteiger partial charge in [0.2, 0.25) is 0 Å². The molecule has 0 N–H and O–H groups in total. The van der Waals surface area contributed by atoms with E-state index in [1.54, 1.807) is 0 Å². The summed E-state index contributed by atoms with van der Waals surface area (Å²) in [6, 6.07) is 0. The van der Waals surface area contributed by atoms with Gasteiger partial charge in [-0.15, -0.1) is 0 Å². The number of aryl methyl sites for hydroxylation is 2. The highest BCUT2D eigenvalue weighted by atomic mass is 16.1. The Hall–Kier alpha value is -1.12. The molecule has 2 aliphatic rings. The molecule has 0 atom stereocenters. The van der Waals surface area contributed by atoms with E-state index in [0.29, 0.717) is 11.7 Å². The number of fused-ring (bicyclic) bond motifs is 1. The summed E-state index contributed by atoms with van der Waals surface area (Å²) in [6.45, 7) is 0. The fourth-order valence-corrected chi connectivity index (χ4v) is 2.44. The van der Waals surface area contributed by atoms with Crippen LogP contribution in [-0.4, -0.2) is 15.6 Å². The number of hydrogen-bond donors (Lipinski definition) is 0. The maximum Gasteiger partial charge on any atom is 0.166 e. The lowest BCUT2D eigenvalue weighted by Crippen LogP contribution is -2.11. The third kappa shape index (κ3) is 1.04. The zero-order chi connectivity index (χ0) is 9.71. The average Bonchev–Trinajstić information content (AvgIpc) is 2.90. The highest BCUT2D eigenvalue weighted by molar-refractivity contribution is 5.99. The van der Waals surface area contributed by atoms with Crippen molar-refractivity contribution in [1.29, 1.82) is 0 Å². The molecule has 14 heavy (non-hydrogen) atoms. The summed E-state index contributed by atoms with van der Waals surface area (Å²) in [5.41, 5.74) is 3.23. The second-order valence-electron chi connectivity index (χ2n) is 4.38. The van der Waals surface area contributed by atoms with Crippen LogP contribution in [0.15, 0.2) is 0 Å². The van der Waals surface area contributed by atoms with Crippen molar-refractivity contribution in [3.8, 4) is 0 Å². The van der Waals surface area contributed by atoms with E-state index in [4.69, 9.17) is 0 Å². The molecule has 0 aromatic carbocycles. The van der Waals surface area contributed by atoms with Crippen molar-refractivity contribution in [2.24, 2.45) is 7.05 Å². The van der Waals surface area contributed by atoms with Gasteiger partial charge in [0.05, 0.1) is 17.0 Å². The second kappa shape index (κ2) is 2.69. The molecule has 3 heteroatoms. The van der Waals surface area contributed by atoms with Gasteiger partial charge in [0.1, 0.15) is 0 Å². The molecule has 3 rings (SSSR count). The standard InChI is InChI=1S/C11H14N2O/c1-13-11(7-5-6-7)10-8(12-13)3-2-4-9(10)14/h7H,2-6H2,1H3. The van der Waals surface area contributed by atoms with Gasteiger partial charge in [-0.05, 0) is 25.7 Å². The number of rotatable bonds is 1. The number of hydrogen-bond acceptors (Lipinski definition) is 2. The molecular formula is C11H14N2O. The van der Waals surface area contributed by atoms with Crippen LogP contribution in [0, 0.1) is 0 Å². The Bertz CT molecular complexity index is 402. The van der Waals surface area contributed by atoms with Gasteiger partial charge < -0.3 is 0 Å². The van der Waals surface area contributed by atoms with Crippen molar-refractivity contribution < 1.29 is 4.79 Å². The molecule has 3 nitrogen and oxygen atoms in total. The number of nitrogens with zero attached hydrogens (tertiary/aromatic N) is 2. The lowest BCUT2D eigenvalue weighted by molar-refractivity contribution is 0.0971. The summed E-state index contributed by atoms with van der Waals surface area (Å²) in [5, 5.41) is 4.46. The summed E-state index contributed by atoms with van der Waals surface area (Å²) in [5.74, 6) is 0.944. The van der Waals surface area contributed by atoms with Crippen molar-refractivity contribution >= 4 is 5.78 Å². The van der Waals surface area contributed by atoms with E-state index in [1.807, 2.05) is 11.7 Å². The number of aromatic nitrogens is 2. The third-order valence-corrected chi connectivity index (χ3v) is 3.22. The van der Waals surface area contributed by atoms with Crippen molar-refractivity contribution in [1.82, 2.24) is 9.78 Å². The molecule has 0 amide bonds. The minimum atomic E-state index is 0.321. The van der Waals surface area contributed by atoms with E-state index in [-0.39, 0.29) is 0 Å². The van der Waals surface area contributed by atoms with Crippen molar-refractivity contribution in [2.45, 2.75) is 38.0 Å². The maximum atomic E-state index is 11.8. The molecule has 0 unspecified atom stereocenters. The molecule has 74 valence electrons. The van der Waals surface area contributed by atoms with Crippen LogP contribution in [0.1, 0.15) is 53.3 Å². The fraction of sp³-hybridized carbons (Fsp3) is 0.636. The zero-order valence-electron chi connectivity index (χ0n) is 8.42. The van der Waals surface area contributed by atoms with E-state index >= 15 is 0 Å². The second-order valence-corrected chi connectivity index (χ2v) is 4.38. The van der Waals surface area contributed by atoms with E-state index in [2.05, 4.69) is 5.10 Å². The largest absolute Gasteiger partial charge is 0.294 e. The van der Waals surface area contributed by atoms with Gasteiger partial charge in [-0.3, -0.25) is 9.48 Å². The number of carbonyl (C=O) groups excluding carboxylic acids is 1. The van der Waals surface area contributed by atoms with Crippen molar-refractivity contribution in [3.63, 3.8) is 0 Å². The normalized spacial score (nSPS) is 21.1. The molecule has 0 radical (unpaired) electrons. The summed E-state index contributed by atoms with van der Waals surface area (Å²) in [4.78, 5) is 11.8. The summed E-state index contributed by atoms with van der Waals surface area (Å²) < 4.78 is 1.94. The highest BCUT2D eigenvalue weighted by Gasteiger charge is 2.34. The van der Waals surface area contributed by atoms with Crippen LogP contribution in [0.5, 0.6) is 0 Å². The third-order valence-electron chi connectivity index (χ3n) is 3.22. The summed E-state index contributed by atoms with van der Waals surface area (Å²) in [6.07, 6.45) is 5.16. The SMILES string of the molecule is Cn1nc2c(c1C1CC1)C(=O)CCC2. The van der Waals surface area contributed by atoms with E-state index < -0.39 is 0 Å². The van der Waals surface area contributed by atoms with E-state index in [9.17, 15) is 4.79 Å². The van der Waals surface area contributed by atoms with Gasteiger partial charge in [-0.1, -0.05) is 0 Å². The van der Waals surface area contributed by atoms with Gasteiger partial charge in [0, 0.05) is 19.4 Å². The quantitative estimate of drug-likeness (QED) is 0.677. The Morgan fingerprint density at radius 2 is 2.14 bits per heavy atom. The number of ketones is 1. The van der Waals surface area contributed by atoms with Crippen LogP contribution in [0.3, 0.4) is 0 Å². The van der Waals surface area contributed by atoms with Gasteiger partial charge in [-0.25, -0.2) is 0 Å². The molecule has 0 bridgehead atoms. The Labute approximate surface area is 83.1 Å². The molecule has 1 fully saturated rings. The lowest BCUT2D eigenvalue weighted by atomic mass is 9.93. The van der Waals surface area contributed by atoms with Gasteiger partial charge in [0.15, 0.2) is 5.78 Å². The minimum absolute atomic E-state index is 0.321. The van der Waals surface area contributed by atoms with E-state index in [0.717, 1.165) is 30.5 Å². The molecule has 0 aliphatic heterocycles. The monoisotopic (exact) mass is 190 g/mol. The zero-order valence-corrected chi connectivity index (χ0v) is 8.42. The number of Topliss-reactive ketones (excluding diaryl/α,β-unsaturated/α-hetero) is 1. The first-order chi connectivity index (χ1) is 6.77. The maximum absolute atomic E-state index is 11.8. The molecule has 1 heterocycles. The first-order valence-corrected chi connectivity index (χ1v) is 5.36. The molecule has 0 saturated heterocycles. The van der Waals surface area contributed by atoms with Gasteiger partial charge in [0.25, 0.3) is 0 Å². The van der Waals surface area contributed by atoms with Crippen LogP contribution in [0.4, 0.5) is 0 Å². The van der Waals surface area contributed by atoms with Crippen LogP contribution < -0.4 is 0 Å². The number of carbonyl (C=O) groups is 1. The Balaban J connectivity index is 2.17. The first-order valence-electron chi connectivity index (χ1n) is 5.36. The molecular weight excluding hydrogens is 176 g/mol. The van der Waals surface area contributed by atoms with Crippen molar-refractivity contribution in [2.75, 3.05) is 0 Å². The van der Waals surface area contributed by atoms with Crippen molar-refractivity contribution in [3.05, 3.63) is 17.0 Å². The smallest absolute Gasteiger partial charge is 0.166 e. The van der Waals surface area contributed by atoms with Gasteiger partial charge in [-0.2, -0.15) is 5.10 Å². The lowest BCUT2D eigenvalue weighted by Gasteiger charge is -2.09. The minimum Gasteiger partial charge on any atom is -0.294 e. The van der Waals surface area contributed by atoms with Gasteiger partial charge >= 0.3 is 0 Å². The topological polar surface area (TPSA) is 34.9 Å². The molecule has 0 spiro atoms. The van der Waals surface area contributed by atoms with Crippen LogP contribution in [0.2, 0.25) is 0 Å². The molecule has 2 aliphatic carbocycles. The summed E-state index contributed by atoms with van der Waals surface area (Å²) >= 11 is 0. The highest BCUT2D eigenvalue weighted by Crippen LogP contribution is 2.43.